The molecule has 0 bridgehead atoms. The largest absolute Gasteiger partial charge is 0.393 e. The molecule has 0 aliphatic rings. The Hall–Kier alpha value is -0.680. The van der Waals surface area contributed by atoms with Gasteiger partial charge in [0.2, 0.25) is 0 Å². The number of aryl methyl sites for hydroxylation is 1. The van der Waals surface area contributed by atoms with Gasteiger partial charge in [0.05, 0.1) is 10.7 Å². The lowest BCUT2D eigenvalue weighted by molar-refractivity contribution is 1.08. The molecule has 0 atom stereocenters. The fourth-order valence-corrected chi connectivity index (χ4v) is 2.17. The summed E-state index contributed by atoms with van der Waals surface area (Å²) in [4.78, 5) is 8.07. The maximum Gasteiger partial charge on any atom is 0.185 e. The maximum atomic E-state index is 5.48. The second-order valence-electron chi connectivity index (χ2n) is 3.04. The Morgan fingerprint density at radius 2 is 2.23 bits per heavy atom. The standard InChI is InChI=1S/C8H13N3S2/c1-5-6(4-7(9)12)13-8(10-5)11(2)3/h4H2,1-3H3,(H2,9,12). The van der Waals surface area contributed by atoms with Gasteiger partial charge in [0, 0.05) is 25.4 Å². The summed E-state index contributed by atoms with van der Waals surface area (Å²) in [6, 6.07) is 0. The molecule has 0 amide bonds. The molecule has 0 saturated carbocycles. The minimum Gasteiger partial charge on any atom is -0.393 e. The van der Waals surface area contributed by atoms with Crippen LogP contribution in [0.25, 0.3) is 0 Å². The topological polar surface area (TPSA) is 42.2 Å². The number of hydrogen-bond acceptors (Lipinski definition) is 4. The van der Waals surface area contributed by atoms with Crippen molar-refractivity contribution in [3.05, 3.63) is 10.6 Å². The molecule has 0 aromatic carbocycles. The average Bonchev–Trinajstić information content (AvgIpc) is 2.31. The molecule has 0 saturated heterocycles. The minimum atomic E-state index is 0.525. The molecule has 1 aromatic rings. The molecule has 0 spiro atoms. The Morgan fingerprint density at radius 1 is 1.62 bits per heavy atom. The Balaban J connectivity index is 2.89. The van der Waals surface area contributed by atoms with Crippen LogP contribution in [0.3, 0.4) is 0 Å². The predicted molar refractivity (Wildman–Crippen MR) is 61.7 cm³/mol. The molecule has 0 aliphatic heterocycles. The van der Waals surface area contributed by atoms with Gasteiger partial charge >= 0.3 is 0 Å². The second kappa shape index (κ2) is 4.02. The summed E-state index contributed by atoms with van der Waals surface area (Å²) in [6.07, 6.45) is 0.659. The molecule has 1 rings (SSSR count). The van der Waals surface area contributed by atoms with E-state index < -0.39 is 0 Å². The zero-order valence-corrected chi connectivity index (χ0v) is 9.63. The number of thiocarbonyl (C=S) groups is 1. The molecule has 3 nitrogen and oxygen atoms in total. The van der Waals surface area contributed by atoms with E-state index in [-0.39, 0.29) is 0 Å². The quantitative estimate of drug-likeness (QED) is 0.773. The Kier molecular flexibility index (Phi) is 3.22. The lowest BCUT2D eigenvalue weighted by Gasteiger charge is -2.05. The number of rotatable bonds is 3. The summed E-state index contributed by atoms with van der Waals surface area (Å²) >= 11 is 6.50. The number of aromatic nitrogens is 1. The zero-order valence-electron chi connectivity index (χ0n) is 8.00. The summed E-state index contributed by atoms with van der Waals surface area (Å²) in [5.74, 6) is 0. The number of nitrogens with zero attached hydrogens (tertiary/aromatic N) is 2. The van der Waals surface area contributed by atoms with Crippen LogP contribution in [0, 0.1) is 6.92 Å². The fraction of sp³-hybridized carbons (Fsp3) is 0.500. The lowest BCUT2D eigenvalue weighted by atomic mass is 10.3. The van der Waals surface area contributed by atoms with Crippen molar-refractivity contribution in [1.82, 2.24) is 4.98 Å². The number of hydrogen-bond donors (Lipinski definition) is 1. The molecule has 5 heteroatoms. The van der Waals surface area contributed by atoms with Crippen LogP contribution in [0.4, 0.5) is 5.13 Å². The van der Waals surface area contributed by atoms with Gasteiger partial charge in [-0.25, -0.2) is 4.98 Å². The van der Waals surface area contributed by atoms with Crippen LogP contribution in [0.5, 0.6) is 0 Å². The van der Waals surface area contributed by atoms with Crippen LogP contribution >= 0.6 is 23.6 Å². The van der Waals surface area contributed by atoms with Gasteiger partial charge in [0.1, 0.15) is 0 Å². The minimum absolute atomic E-state index is 0.525. The summed E-state index contributed by atoms with van der Waals surface area (Å²) in [5.41, 5.74) is 6.50. The number of anilines is 1. The third-order valence-corrected chi connectivity index (χ3v) is 3.07. The van der Waals surface area contributed by atoms with E-state index in [1.165, 1.54) is 0 Å². The molecule has 13 heavy (non-hydrogen) atoms. The molecular formula is C8H13N3S2. The Morgan fingerprint density at radius 3 is 2.62 bits per heavy atom. The second-order valence-corrected chi connectivity index (χ2v) is 4.63. The van der Waals surface area contributed by atoms with Crippen LogP contribution < -0.4 is 10.6 Å². The molecule has 72 valence electrons. The predicted octanol–water partition coefficient (Wildman–Crippen LogP) is 1.35. The van der Waals surface area contributed by atoms with Crippen molar-refractivity contribution in [1.29, 1.82) is 0 Å². The first-order chi connectivity index (χ1) is 6.00. The SMILES string of the molecule is Cc1nc(N(C)C)sc1CC(N)=S. The van der Waals surface area contributed by atoms with E-state index in [2.05, 4.69) is 4.98 Å². The van der Waals surface area contributed by atoms with Gasteiger partial charge in [0.25, 0.3) is 0 Å². The van der Waals surface area contributed by atoms with Crippen molar-refractivity contribution >= 4 is 33.7 Å². The van der Waals surface area contributed by atoms with Crippen LogP contribution in [0.15, 0.2) is 0 Å². The van der Waals surface area contributed by atoms with Gasteiger partial charge in [-0.1, -0.05) is 12.2 Å². The number of thiazole rings is 1. The van der Waals surface area contributed by atoms with Crippen molar-refractivity contribution in [2.45, 2.75) is 13.3 Å². The number of nitrogens with two attached hydrogens (primary N) is 1. The van der Waals surface area contributed by atoms with Crippen molar-refractivity contribution < 1.29 is 0 Å². The molecule has 0 aliphatic carbocycles. The van der Waals surface area contributed by atoms with Gasteiger partial charge in [-0.3, -0.25) is 0 Å². The summed E-state index contributed by atoms with van der Waals surface area (Å²) in [6.45, 7) is 1.98. The van der Waals surface area contributed by atoms with Crippen molar-refractivity contribution in [3.63, 3.8) is 0 Å². The maximum absolute atomic E-state index is 5.48. The smallest absolute Gasteiger partial charge is 0.185 e. The van der Waals surface area contributed by atoms with E-state index in [1.54, 1.807) is 11.3 Å². The molecule has 0 fully saturated rings. The lowest BCUT2D eigenvalue weighted by Crippen LogP contribution is -2.10. The van der Waals surface area contributed by atoms with Gasteiger partial charge in [-0.15, -0.1) is 11.3 Å². The van der Waals surface area contributed by atoms with E-state index in [9.17, 15) is 0 Å². The molecule has 1 aromatic heterocycles. The highest BCUT2D eigenvalue weighted by Gasteiger charge is 2.09. The van der Waals surface area contributed by atoms with E-state index in [0.717, 1.165) is 15.7 Å². The molecule has 0 unspecified atom stereocenters. The van der Waals surface area contributed by atoms with Crippen LogP contribution in [-0.4, -0.2) is 24.1 Å². The van der Waals surface area contributed by atoms with Crippen LogP contribution in [0.2, 0.25) is 0 Å². The normalized spacial score (nSPS) is 10.1. The summed E-state index contributed by atoms with van der Waals surface area (Å²) < 4.78 is 0. The monoisotopic (exact) mass is 215 g/mol. The Bertz CT molecular complexity index is 317. The van der Waals surface area contributed by atoms with E-state index in [4.69, 9.17) is 18.0 Å². The third kappa shape index (κ3) is 2.63. The van der Waals surface area contributed by atoms with E-state index in [0.29, 0.717) is 11.4 Å². The summed E-state index contributed by atoms with van der Waals surface area (Å²) in [7, 11) is 3.95. The van der Waals surface area contributed by atoms with Gasteiger partial charge < -0.3 is 10.6 Å². The first kappa shape index (κ1) is 10.4. The first-order valence-corrected chi connectivity index (χ1v) is 5.15. The molecule has 0 radical (unpaired) electrons. The highest BCUT2D eigenvalue weighted by Crippen LogP contribution is 2.24. The van der Waals surface area contributed by atoms with Gasteiger partial charge in [-0.2, -0.15) is 0 Å². The third-order valence-electron chi connectivity index (χ3n) is 1.60. The zero-order chi connectivity index (χ0) is 10.0. The van der Waals surface area contributed by atoms with E-state index >= 15 is 0 Å². The van der Waals surface area contributed by atoms with Crippen LogP contribution in [-0.2, 0) is 6.42 Å². The highest BCUT2D eigenvalue weighted by atomic mass is 32.1. The molecule has 1 heterocycles. The Labute approximate surface area is 87.6 Å². The van der Waals surface area contributed by atoms with Crippen molar-refractivity contribution in [2.24, 2.45) is 5.73 Å². The summed E-state index contributed by atoms with van der Waals surface area (Å²) in [5, 5.41) is 1.00. The first-order valence-electron chi connectivity index (χ1n) is 3.92. The van der Waals surface area contributed by atoms with Crippen molar-refractivity contribution in [2.75, 3.05) is 19.0 Å². The molecule has 2 N–H and O–H groups in total. The van der Waals surface area contributed by atoms with Crippen LogP contribution in [0.1, 0.15) is 10.6 Å². The van der Waals surface area contributed by atoms with Crippen molar-refractivity contribution in [3.8, 4) is 0 Å². The average molecular weight is 215 g/mol. The molecular weight excluding hydrogens is 202 g/mol. The van der Waals surface area contributed by atoms with Gasteiger partial charge in [-0.05, 0) is 6.92 Å². The fourth-order valence-electron chi connectivity index (χ4n) is 0.926. The highest BCUT2D eigenvalue weighted by molar-refractivity contribution is 7.80. The van der Waals surface area contributed by atoms with Gasteiger partial charge in [0.15, 0.2) is 5.13 Å². The van der Waals surface area contributed by atoms with E-state index in [1.807, 2.05) is 25.9 Å².